The van der Waals surface area contributed by atoms with E-state index in [0.717, 1.165) is 5.56 Å². The van der Waals surface area contributed by atoms with Crippen molar-refractivity contribution >= 4 is 17.6 Å². The summed E-state index contributed by atoms with van der Waals surface area (Å²) in [6, 6.07) is 9.92. The summed E-state index contributed by atoms with van der Waals surface area (Å²) >= 11 is 0. The maximum atomic E-state index is 12.8. The molecule has 6 heteroatoms. The summed E-state index contributed by atoms with van der Waals surface area (Å²) in [6.45, 7) is 9.38. The van der Waals surface area contributed by atoms with E-state index < -0.39 is 5.54 Å². The van der Waals surface area contributed by atoms with Gasteiger partial charge in [0.25, 0.3) is 5.91 Å². The Morgan fingerprint density at radius 3 is 2.48 bits per heavy atom. The third-order valence-electron chi connectivity index (χ3n) is 5.47. The first-order chi connectivity index (χ1) is 12.8. The van der Waals surface area contributed by atoms with Crippen LogP contribution in [-0.4, -0.2) is 38.6 Å². The highest BCUT2D eigenvalue weighted by Gasteiger charge is 2.49. The van der Waals surface area contributed by atoms with Crippen molar-refractivity contribution in [3.63, 3.8) is 0 Å². The number of amides is 2. The number of aryl methyl sites for hydroxylation is 1. The number of hydrogen-bond donors (Lipinski definition) is 1. The van der Waals surface area contributed by atoms with Gasteiger partial charge in [0.05, 0.1) is 12.6 Å². The molecule has 0 saturated carbocycles. The van der Waals surface area contributed by atoms with Crippen molar-refractivity contribution in [3.05, 3.63) is 47.7 Å². The Morgan fingerprint density at radius 2 is 1.93 bits per heavy atom. The van der Waals surface area contributed by atoms with E-state index in [1.54, 1.807) is 21.8 Å². The van der Waals surface area contributed by atoms with E-state index in [1.165, 1.54) is 5.56 Å². The van der Waals surface area contributed by atoms with E-state index in [2.05, 4.69) is 36.4 Å². The second kappa shape index (κ2) is 7.55. The zero-order valence-electron chi connectivity index (χ0n) is 16.5. The molecule has 0 aliphatic carbocycles. The van der Waals surface area contributed by atoms with Crippen LogP contribution in [0, 0.1) is 0 Å². The lowest BCUT2D eigenvalue weighted by Gasteiger charge is -2.49. The molecule has 1 aromatic carbocycles. The molecule has 1 aromatic heterocycles. The standard InChI is InChI=1S/C21H28N4O2/c1-5-25-18(10-12-22-25)23-20(27)21(4)11-13-24(21)19(26)14-16-6-8-17(9-7-16)15(2)3/h6-10,12,15H,5,11,13-14H2,1-4H3,(H,23,27). The van der Waals surface area contributed by atoms with Gasteiger partial charge < -0.3 is 10.2 Å². The maximum Gasteiger partial charge on any atom is 0.251 e. The van der Waals surface area contributed by atoms with Crippen molar-refractivity contribution in [2.24, 2.45) is 0 Å². The first-order valence-electron chi connectivity index (χ1n) is 9.57. The van der Waals surface area contributed by atoms with Crippen LogP contribution in [0.25, 0.3) is 0 Å². The highest BCUT2D eigenvalue weighted by Crippen LogP contribution is 2.32. The minimum absolute atomic E-state index is 0.0137. The molecule has 144 valence electrons. The number of rotatable bonds is 6. The number of carbonyl (C=O) groups is 2. The lowest BCUT2D eigenvalue weighted by Crippen LogP contribution is -2.66. The van der Waals surface area contributed by atoms with Gasteiger partial charge in [0, 0.05) is 19.2 Å². The largest absolute Gasteiger partial charge is 0.328 e. The average molecular weight is 368 g/mol. The van der Waals surface area contributed by atoms with Gasteiger partial charge in [0.1, 0.15) is 11.4 Å². The molecule has 1 saturated heterocycles. The highest BCUT2D eigenvalue weighted by atomic mass is 16.2. The number of anilines is 1. The topological polar surface area (TPSA) is 67.2 Å². The van der Waals surface area contributed by atoms with E-state index in [4.69, 9.17) is 0 Å². The van der Waals surface area contributed by atoms with E-state index in [1.807, 2.05) is 26.0 Å². The van der Waals surface area contributed by atoms with Crippen LogP contribution in [0.1, 0.15) is 51.2 Å². The highest BCUT2D eigenvalue weighted by molar-refractivity contribution is 6.01. The van der Waals surface area contributed by atoms with Gasteiger partial charge in [-0.05, 0) is 37.3 Å². The Labute approximate surface area is 160 Å². The number of hydrogen-bond acceptors (Lipinski definition) is 3. The van der Waals surface area contributed by atoms with Crippen LogP contribution < -0.4 is 5.32 Å². The Hall–Kier alpha value is -2.63. The summed E-state index contributed by atoms with van der Waals surface area (Å²) in [5, 5.41) is 7.08. The SMILES string of the molecule is CCn1nccc1NC(=O)C1(C)CCN1C(=O)Cc1ccc(C(C)C)cc1. The summed E-state index contributed by atoms with van der Waals surface area (Å²) in [4.78, 5) is 27.3. The van der Waals surface area contributed by atoms with Crippen LogP contribution in [-0.2, 0) is 22.6 Å². The summed E-state index contributed by atoms with van der Waals surface area (Å²) in [5.41, 5.74) is 1.42. The number of nitrogens with zero attached hydrogens (tertiary/aromatic N) is 3. The maximum absolute atomic E-state index is 12.8. The average Bonchev–Trinajstić information content (AvgIpc) is 3.07. The number of aromatic nitrogens is 2. The van der Waals surface area contributed by atoms with Gasteiger partial charge in [-0.1, -0.05) is 38.1 Å². The third kappa shape index (κ3) is 3.75. The molecular formula is C21H28N4O2. The number of carbonyl (C=O) groups excluding carboxylic acids is 2. The Kier molecular flexibility index (Phi) is 5.35. The third-order valence-corrected chi connectivity index (χ3v) is 5.47. The molecule has 2 amide bonds. The number of nitrogens with one attached hydrogen (secondary N) is 1. The van der Waals surface area contributed by atoms with Crippen molar-refractivity contribution < 1.29 is 9.59 Å². The minimum atomic E-state index is -0.808. The molecule has 1 N–H and O–H groups in total. The number of benzene rings is 1. The van der Waals surface area contributed by atoms with Gasteiger partial charge in [-0.3, -0.25) is 9.59 Å². The van der Waals surface area contributed by atoms with Gasteiger partial charge in [-0.15, -0.1) is 0 Å². The molecule has 6 nitrogen and oxygen atoms in total. The minimum Gasteiger partial charge on any atom is -0.328 e. The van der Waals surface area contributed by atoms with Crippen molar-refractivity contribution in [2.75, 3.05) is 11.9 Å². The van der Waals surface area contributed by atoms with Crippen LogP contribution in [0.15, 0.2) is 36.5 Å². The van der Waals surface area contributed by atoms with Gasteiger partial charge >= 0.3 is 0 Å². The zero-order valence-corrected chi connectivity index (χ0v) is 16.5. The van der Waals surface area contributed by atoms with Crippen molar-refractivity contribution in [3.8, 4) is 0 Å². The molecule has 1 aliphatic heterocycles. The van der Waals surface area contributed by atoms with Crippen molar-refractivity contribution in [2.45, 2.75) is 58.5 Å². The lowest BCUT2D eigenvalue weighted by molar-refractivity contribution is -0.154. The second-order valence-electron chi connectivity index (χ2n) is 7.63. The van der Waals surface area contributed by atoms with Gasteiger partial charge in [-0.2, -0.15) is 5.10 Å². The molecule has 2 heterocycles. The molecule has 0 radical (unpaired) electrons. The van der Waals surface area contributed by atoms with Crippen molar-refractivity contribution in [1.82, 2.24) is 14.7 Å². The van der Waals surface area contributed by atoms with E-state index >= 15 is 0 Å². The Balaban J connectivity index is 1.66. The van der Waals surface area contributed by atoms with Gasteiger partial charge in [-0.25, -0.2) is 4.68 Å². The van der Waals surface area contributed by atoms with Gasteiger partial charge in [0.2, 0.25) is 5.91 Å². The van der Waals surface area contributed by atoms with Crippen LogP contribution in [0.2, 0.25) is 0 Å². The second-order valence-corrected chi connectivity index (χ2v) is 7.63. The van der Waals surface area contributed by atoms with E-state index in [-0.39, 0.29) is 11.8 Å². The predicted molar refractivity (Wildman–Crippen MR) is 106 cm³/mol. The van der Waals surface area contributed by atoms with Crippen LogP contribution in [0.4, 0.5) is 5.82 Å². The molecule has 1 unspecified atom stereocenters. The molecule has 1 aliphatic rings. The summed E-state index contributed by atoms with van der Waals surface area (Å²) in [7, 11) is 0. The van der Waals surface area contributed by atoms with E-state index in [0.29, 0.717) is 37.7 Å². The fourth-order valence-corrected chi connectivity index (χ4v) is 3.43. The smallest absolute Gasteiger partial charge is 0.251 e. The monoisotopic (exact) mass is 368 g/mol. The summed E-state index contributed by atoms with van der Waals surface area (Å²) < 4.78 is 1.72. The number of likely N-dealkylation sites (tertiary alicyclic amines) is 1. The Morgan fingerprint density at radius 1 is 1.22 bits per heavy atom. The first kappa shape index (κ1) is 19.1. The fourth-order valence-electron chi connectivity index (χ4n) is 3.43. The normalized spacial score (nSPS) is 19.1. The van der Waals surface area contributed by atoms with Crippen LogP contribution >= 0.6 is 0 Å². The van der Waals surface area contributed by atoms with E-state index in [9.17, 15) is 9.59 Å². The molecule has 0 spiro atoms. The first-order valence-corrected chi connectivity index (χ1v) is 9.57. The Bertz CT molecular complexity index is 825. The fraction of sp³-hybridized carbons (Fsp3) is 0.476. The lowest BCUT2D eigenvalue weighted by atomic mass is 9.84. The molecule has 1 atom stereocenters. The summed E-state index contributed by atoms with van der Waals surface area (Å²) in [5.74, 6) is 0.952. The molecule has 3 rings (SSSR count). The zero-order chi connectivity index (χ0) is 19.6. The quantitative estimate of drug-likeness (QED) is 0.851. The van der Waals surface area contributed by atoms with Crippen LogP contribution in [0.3, 0.4) is 0 Å². The molecule has 0 bridgehead atoms. The molecule has 1 fully saturated rings. The van der Waals surface area contributed by atoms with Gasteiger partial charge in [0.15, 0.2) is 0 Å². The van der Waals surface area contributed by atoms with Crippen LogP contribution in [0.5, 0.6) is 0 Å². The molecular weight excluding hydrogens is 340 g/mol. The molecule has 27 heavy (non-hydrogen) atoms. The van der Waals surface area contributed by atoms with Crippen molar-refractivity contribution in [1.29, 1.82) is 0 Å². The summed E-state index contributed by atoms with van der Waals surface area (Å²) in [6.07, 6.45) is 2.64. The predicted octanol–water partition coefficient (Wildman–Crippen LogP) is 3.20. The molecule has 2 aromatic rings.